The van der Waals surface area contributed by atoms with Gasteiger partial charge in [-0.25, -0.2) is 14.6 Å². The van der Waals surface area contributed by atoms with Crippen LogP contribution in [0.5, 0.6) is 0 Å². The highest BCUT2D eigenvalue weighted by molar-refractivity contribution is 5.96. The molecule has 0 aliphatic carbocycles. The molecule has 8 heteroatoms. The lowest BCUT2D eigenvalue weighted by atomic mass is 10.2. The van der Waals surface area contributed by atoms with Crippen LogP contribution in [0.25, 0.3) is 11.5 Å². The predicted molar refractivity (Wildman–Crippen MR) is 103 cm³/mol. The molecule has 0 saturated heterocycles. The number of oxazole rings is 1. The first-order chi connectivity index (χ1) is 14.0. The first-order valence-electron chi connectivity index (χ1n) is 8.66. The van der Waals surface area contributed by atoms with Crippen LogP contribution in [0.4, 0.5) is 5.69 Å². The summed E-state index contributed by atoms with van der Waals surface area (Å²) in [4.78, 5) is 39.8. The molecule has 0 unspecified atom stereocenters. The van der Waals surface area contributed by atoms with Crippen molar-refractivity contribution in [3.63, 3.8) is 0 Å². The summed E-state index contributed by atoms with van der Waals surface area (Å²) in [6.45, 7) is 1.10. The van der Waals surface area contributed by atoms with Gasteiger partial charge in [-0.2, -0.15) is 0 Å². The highest BCUT2D eigenvalue weighted by Gasteiger charge is 2.20. The van der Waals surface area contributed by atoms with Crippen LogP contribution < -0.4 is 5.32 Å². The number of ether oxygens (including phenoxy) is 2. The fourth-order valence-corrected chi connectivity index (χ4v) is 2.49. The molecule has 148 valence electrons. The number of carbonyl (C=O) groups is 3. The zero-order chi connectivity index (χ0) is 20.8. The third kappa shape index (κ3) is 4.86. The van der Waals surface area contributed by atoms with Gasteiger partial charge in [-0.15, -0.1) is 0 Å². The van der Waals surface area contributed by atoms with E-state index in [0.29, 0.717) is 22.9 Å². The molecule has 1 aromatic heterocycles. The van der Waals surface area contributed by atoms with Gasteiger partial charge in [-0.3, -0.25) is 4.79 Å². The maximum Gasteiger partial charge on any atom is 0.361 e. The van der Waals surface area contributed by atoms with Crippen molar-refractivity contribution in [3.05, 3.63) is 71.6 Å². The van der Waals surface area contributed by atoms with Crippen molar-refractivity contribution < 1.29 is 28.3 Å². The van der Waals surface area contributed by atoms with Gasteiger partial charge in [0.2, 0.25) is 5.89 Å². The highest BCUT2D eigenvalue weighted by Crippen LogP contribution is 2.21. The normalized spacial score (nSPS) is 10.3. The van der Waals surface area contributed by atoms with Crippen LogP contribution in [-0.2, 0) is 14.3 Å². The third-order valence-corrected chi connectivity index (χ3v) is 3.93. The minimum absolute atomic E-state index is 0.0130. The van der Waals surface area contributed by atoms with Crippen LogP contribution in [-0.4, -0.2) is 36.5 Å². The quantitative estimate of drug-likeness (QED) is 0.640. The molecule has 0 spiro atoms. The molecule has 0 atom stereocenters. The number of esters is 2. The summed E-state index contributed by atoms with van der Waals surface area (Å²) >= 11 is 0. The van der Waals surface area contributed by atoms with E-state index in [9.17, 15) is 14.4 Å². The molecule has 1 amide bonds. The van der Waals surface area contributed by atoms with Crippen LogP contribution in [0.1, 0.15) is 26.6 Å². The monoisotopic (exact) mass is 394 g/mol. The number of hydrogen-bond donors (Lipinski definition) is 1. The van der Waals surface area contributed by atoms with E-state index >= 15 is 0 Å². The molecule has 0 aliphatic rings. The number of benzene rings is 2. The zero-order valence-corrected chi connectivity index (χ0v) is 15.8. The number of amides is 1. The average Bonchev–Trinajstić information content (AvgIpc) is 3.14. The molecule has 0 aliphatic heterocycles. The maximum absolute atomic E-state index is 12.2. The molecule has 2 aromatic carbocycles. The van der Waals surface area contributed by atoms with Gasteiger partial charge in [-0.1, -0.05) is 18.2 Å². The molecule has 1 N–H and O–H groups in total. The first kappa shape index (κ1) is 19.8. The van der Waals surface area contributed by atoms with E-state index < -0.39 is 24.5 Å². The molecule has 1 heterocycles. The fourth-order valence-electron chi connectivity index (χ4n) is 2.49. The number of rotatable bonds is 6. The number of anilines is 1. The summed E-state index contributed by atoms with van der Waals surface area (Å²) in [5, 5.41) is 2.57. The number of aromatic nitrogens is 1. The molecule has 3 aromatic rings. The molecule has 29 heavy (non-hydrogen) atoms. The van der Waals surface area contributed by atoms with Crippen LogP contribution >= 0.6 is 0 Å². The second-order valence-electron chi connectivity index (χ2n) is 5.98. The highest BCUT2D eigenvalue weighted by atomic mass is 16.5. The van der Waals surface area contributed by atoms with E-state index in [1.165, 1.54) is 19.2 Å². The Hall–Kier alpha value is -3.94. The van der Waals surface area contributed by atoms with Gasteiger partial charge in [0.1, 0.15) is 5.76 Å². The largest absolute Gasteiger partial charge is 0.465 e. The zero-order valence-electron chi connectivity index (χ0n) is 15.8. The number of methoxy groups -OCH3 is 1. The average molecular weight is 394 g/mol. The van der Waals surface area contributed by atoms with E-state index in [1.54, 1.807) is 31.2 Å². The van der Waals surface area contributed by atoms with Crippen molar-refractivity contribution in [2.75, 3.05) is 19.0 Å². The lowest BCUT2D eigenvalue weighted by Gasteiger charge is -2.06. The SMILES string of the molecule is COC(=O)c1ccc(NC(=O)COC(=O)c2nc(-c3ccccc3)oc2C)cc1. The van der Waals surface area contributed by atoms with Crippen molar-refractivity contribution in [2.24, 2.45) is 0 Å². The van der Waals surface area contributed by atoms with Gasteiger partial charge in [-0.05, 0) is 43.3 Å². The van der Waals surface area contributed by atoms with Gasteiger partial charge in [0.25, 0.3) is 5.91 Å². The number of nitrogens with zero attached hydrogens (tertiary/aromatic N) is 1. The van der Waals surface area contributed by atoms with Crippen molar-refractivity contribution in [1.29, 1.82) is 0 Å². The Kier molecular flexibility index (Phi) is 6.03. The summed E-state index contributed by atoms with van der Waals surface area (Å²) in [5.74, 6) is -1.18. The molecule has 0 saturated carbocycles. The van der Waals surface area contributed by atoms with Crippen LogP contribution in [0, 0.1) is 6.92 Å². The minimum Gasteiger partial charge on any atom is -0.465 e. The third-order valence-electron chi connectivity index (χ3n) is 3.93. The van der Waals surface area contributed by atoms with Gasteiger partial charge >= 0.3 is 11.9 Å². The Morgan fingerprint density at radius 2 is 1.69 bits per heavy atom. The number of nitrogens with one attached hydrogen (secondary N) is 1. The van der Waals surface area contributed by atoms with E-state index in [1.807, 2.05) is 18.2 Å². The van der Waals surface area contributed by atoms with Gasteiger partial charge in [0.05, 0.1) is 12.7 Å². The molecule has 0 fully saturated rings. The second-order valence-corrected chi connectivity index (χ2v) is 5.98. The summed E-state index contributed by atoms with van der Waals surface area (Å²) in [5.41, 5.74) is 1.54. The lowest BCUT2D eigenvalue weighted by Crippen LogP contribution is -2.21. The summed E-state index contributed by atoms with van der Waals surface area (Å²) < 4.78 is 15.1. The molecular formula is C21H18N2O6. The standard InChI is InChI=1S/C21H18N2O6/c1-13-18(23-19(29-13)14-6-4-3-5-7-14)21(26)28-12-17(24)22-16-10-8-15(9-11-16)20(25)27-2/h3-11H,12H2,1-2H3,(H,22,24). The molecule has 0 bridgehead atoms. The van der Waals surface area contributed by atoms with Crippen molar-refractivity contribution >= 4 is 23.5 Å². The Bertz CT molecular complexity index is 1030. The van der Waals surface area contributed by atoms with Gasteiger partial charge in [0.15, 0.2) is 12.3 Å². The summed E-state index contributed by atoms with van der Waals surface area (Å²) in [6, 6.07) is 15.2. The van der Waals surface area contributed by atoms with Crippen molar-refractivity contribution in [2.45, 2.75) is 6.92 Å². The Balaban J connectivity index is 1.57. The minimum atomic E-state index is -0.760. The maximum atomic E-state index is 12.2. The molecule has 0 radical (unpaired) electrons. The van der Waals surface area contributed by atoms with E-state index in [2.05, 4.69) is 15.0 Å². The topological polar surface area (TPSA) is 108 Å². The van der Waals surface area contributed by atoms with Crippen LogP contribution in [0.3, 0.4) is 0 Å². The smallest absolute Gasteiger partial charge is 0.361 e. The number of aryl methyl sites for hydroxylation is 1. The number of carbonyl (C=O) groups excluding carboxylic acids is 3. The Morgan fingerprint density at radius 1 is 1.00 bits per heavy atom. The summed E-state index contributed by atoms with van der Waals surface area (Å²) in [6.07, 6.45) is 0. The van der Waals surface area contributed by atoms with Crippen LogP contribution in [0.15, 0.2) is 59.0 Å². The predicted octanol–water partition coefficient (Wildman–Crippen LogP) is 3.23. The van der Waals surface area contributed by atoms with E-state index in [0.717, 1.165) is 5.56 Å². The van der Waals surface area contributed by atoms with Gasteiger partial charge < -0.3 is 19.2 Å². The number of hydrogen-bond acceptors (Lipinski definition) is 7. The van der Waals surface area contributed by atoms with Crippen LogP contribution in [0.2, 0.25) is 0 Å². The fraction of sp³-hybridized carbons (Fsp3) is 0.143. The molecular weight excluding hydrogens is 376 g/mol. The molecule has 8 nitrogen and oxygen atoms in total. The first-order valence-corrected chi connectivity index (χ1v) is 8.66. The molecule has 3 rings (SSSR count). The Labute approximate surface area is 166 Å². The second kappa shape index (κ2) is 8.83. The van der Waals surface area contributed by atoms with Gasteiger partial charge in [0, 0.05) is 11.3 Å². The summed E-state index contributed by atoms with van der Waals surface area (Å²) in [7, 11) is 1.28. The van der Waals surface area contributed by atoms with E-state index in [-0.39, 0.29) is 5.69 Å². The van der Waals surface area contributed by atoms with Crippen molar-refractivity contribution in [3.8, 4) is 11.5 Å². The lowest BCUT2D eigenvalue weighted by molar-refractivity contribution is -0.119. The Morgan fingerprint density at radius 3 is 2.34 bits per heavy atom. The van der Waals surface area contributed by atoms with Crippen molar-refractivity contribution in [1.82, 2.24) is 4.98 Å². The van der Waals surface area contributed by atoms with E-state index in [4.69, 9.17) is 9.15 Å².